The van der Waals surface area contributed by atoms with Gasteiger partial charge >= 0.3 is 0 Å². The first-order valence-corrected chi connectivity index (χ1v) is 4.05. The van der Waals surface area contributed by atoms with Gasteiger partial charge in [-0.25, -0.2) is 0 Å². The van der Waals surface area contributed by atoms with Crippen LogP contribution in [-0.4, -0.2) is 12.3 Å². The van der Waals surface area contributed by atoms with Crippen LogP contribution in [0.2, 0.25) is 0 Å². The molecule has 0 radical (unpaired) electrons. The fourth-order valence-corrected chi connectivity index (χ4v) is 1.63. The lowest BCUT2D eigenvalue weighted by Crippen LogP contribution is -2.32. The van der Waals surface area contributed by atoms with Crippen molar-refractivity contribution >= 4 is 6.29 Å². The third-order valence-electron chi connectivity index (χ3n) is 2.35. The van der Waals surface area contributed by atoms with Crippen LogP contribution in [-0.2, 0) is 4.79 Å². The van der Waals surface area contributed by atoms with Gasteiger partial charge in [0.1, 0.15) is 6.29 Å². The van der Waals surface area contributed by atoms with Crippen molar-refractivity contribution in [1.29, 1.82) is 0 Å². The summed E-state index contributed by atoms with van der Waals surface area (Å²) in [6, 6.07) is -0.194. The SMILES string of the molecule is N[C@H](C=O)C1CCCCC1.[HH]. The number of rotatable bonds is 2. The van der Waals surface area contributed by atoms with Gasteiger partial charge in [-0.3, -0.25) is 0 Å². The molecule has 0 heterocycles. The van der Waals surface area contributed by atoms with Crippen LogP contribution in [0.3, 0.4) is 0 Å². The smallest absolute Gasteiger partial charge is 0.136 e. The normalized spacial score (nSPS) is 24.1. The second kappa shape index (κ2) is 3.71. The molecule has 0 unspecified atom stereocenters. The first kappa shape index (κ1) is 7.73. The van der Waals surface area contributed by atoms with Crippen LogP contribution in [0.1, 0.15) is 33.5 Å². The van der Waals surface area contributed by atoms with Crippen molar-refractivity contribution in [2.24, 2.45) is 11.7 Å². The van der Waals surface area contributed by atoms with Gasteiger partial charge in [-0.15, -0.1) is 0 Å². The lowest BCUT2D eigenvalue weighted by molar-refractivity contribution is -0.110. The summed E-state index contributed by atoms with van der Waals surface area (Å²) < 4.78 is 0. The molecule has 1 aliphatic carbocycles. The summed E-state index contributed by atoms with van der Waals surface area (Å²) in [4.78, 5) is 10.3. The molecule has 1 rings (SSSR count). The summed E-state index contributed by atoms with van der Waals surface area (Å²) in [6.07, 6.45) is 7.02. The Hall–Kier alpha value is -0.370. The van der Waals surface area contributed by atoms with Crippen LogP contribution < -0.4 is 5.73 Å². The zero-order chi connectivity index (χ0) is 7.40. The molecule has 1 saturated carbocycles. The Morgan fingerprint density at radius 1 is 1.40 bits per heavy atom. The molecule has 2 N–H and O–H groups in total. The van der Waals surface area contributed by atoms with Crippen LogP contribution >= 0.6 is 0 Å². The minimum Gasteiger partial charge on any atom is -0.322 e. The molecule has 1 aliphatic rings. The fraction of sp³-hybridized carbons (Fsp3) is 0.875. The van der Waals surface area contributed by atoms with Crippen LogP contribution in [0, 0.1) is 5.92 Å². The van der Waals surface area contributed by atoms with Gasteiger partial charge in [-0.05, 0) is 18.8 Å². The molecule has 0 aliphatic heterocycles. The Balaban J connectivity index is 0.000001000. The first-order chi connectivity index (χ1) is 4.84. The maximum atomic E-state index is 10.3. The highest BCUT2D eigenvalue weighted by atomic mass is 16.1. The highest BCUT2D eigenvalue weighted by molar-refractivity contribution is 5.57. The molecular weight excluding hydrogens is 126 g/mol. The van der Waals surface area contributed by atoms with Crippen molar-refractivity contribution in [2.45, 2.75) is 38.1 Å². The third-order valence-corrected chi connectivity index (χ3v) is 2.35. The number of aldehydes is 1. The molecule has 1 fully saturated rings. The van der Waals surface area contributed by atoms with E-state index in [2.05, 4.69) is 0 Å². The van der Waals surface area contributed by atoms with Gasteiger partial charge in [0.2, 0.25) is 0 Å². The van der Waals surface area contributed by atoms with Gasteiger partial charge in [-0.2, -0.15) is 0 Å². The van der Waals surface area contributed by atoms with E-state index >= 15 is 0 Å². The third kappa shape index (κ3) is 1.81. The standard InChI is InChI=1S/C8H15NO.H2/c9-8(6-10)7-4-2-1-3-5-7;/h6-8H,1-5,9H2;1H/t8-;/m1./s1. The average Bonchev–Trinajstić information content (AvgIpc) is 2.05. The van der Waals surface area contributed by atoms with E-state index in [1.165, 1.54) is 19.3 Å². The molecular formula is C8H17NO. The second-order valence-electron chi connectivity index (χ2n) is 3.11. The van der Waals surface area contributed by atoms with Crippen molar-refractivity contribution in [3.63, 3.8) is 0 Å². The zero-order valence-corrected chi connectivity index (χ0v) is 6.25. The molecule has 0 saturated heterocycles. The zero-order valence-electron chi connectivity index (χ0n) is 6.25. The maximum Gasteiger partial charge on any atom is 0.136 e. The van der Waals surface area contributed by atoms with E-state index in [0.29, 0.717) is 5.92 Å². The minimum atomic E-state index is -0.194. The lowest BCUT2D eigenvalue weighted by Gasteiger charge is -2.23. The summed E-state index contributed by atoms with van der Waals surface area (Å²) in [5.41, 5.74) is 5.58. The first-order valence-electron chi connectivity index (χ1n) is 4.05. The molecule has 0 amide bonds. The number of nitrogens with two attached hydrogens (primary N) is 1. The second-order valence-corrected chi connectivity index (χ2v) is 3.11. The number of hydrogen-bond donors (Lipinski definition) is 1. The Morgan fingerprint density at radius 2 is 2.00 bits per heavy atom. The monoisotopic (exact) mass is 143 g/mol. The summed E-state index contributed by atoms with van der Waals surface area (Å²) >= 11 is 0. The molecule has 2 heteroatoms. The van der Waals surface area contributed by atoms with Gasteiger partial charge in [-0.1, -0.05) is 19.3 Å². The van der Waals surface area contributed by atoms with Gasteiger partial charge in [0.05, 0.1) is 6.04 Å². The van der Waals surface area contributed by atoms with Crippen molar-refractivity contribution in [2.75, 3.05) is 0 Å². The van der Waals surface area contributed by atoms with Gasteiger partial charge < -0.3 is 10.5 Å². The molecule has 0 spiro atoms. The van der Waals surface area contributed by atoms with Crippen LogP contribution in [0.4, 0.5) is 0 Å². The predicted molar refractivity (Wildman–Crippen MR) is 42.7 cm³/mol. The van der Waals surface area contributed by atoms with Crippen molar-refractivity contribution in [3.05, 3.63) is 0 Å². The van der Waals surface area contributed by atoms with E-state index < -0.39 is 0 Å². The number of carbonyl (C=O) groups is 1. The lowest BCUT2D eigenvalue weighted by atomic mass is 9.85. The Labute approximate surface area is 63.3 Å². The Bertz CT molecular complexity index is 113. The van der Waals surface area contributed by atoms with E-state index in [9.17, 15) is 4.79 Å². The predicted octanol–water partition coefficient (Wildman–Crippen LogP) is 1.34. The molecule has 1 atom stereocenters. The van der Waals surface area contributed by atoms with E-state index in [0.717, 1.165) is 19.1 Å². The maximum absolute atomic E-state index is 10.3. The molecule has 2 nitrogen and oxygen atoms in total. The highest BCUT2D eigenvalue weighted by Gasteiger charge is 2.19. The van der Waals surface area contributed by atoms with Crippen LogP contribution in [0.25, 0.3) is 0 Å². The molecule has 0 aromatic carbocycles. The topological polar surface area (TPSA) is 43.1 Å². The summed E-state index contributed by atoms with van der Waals surface area (Å²) in [6.45, 7) is 0. The van der Waals surface area contributed by atoms with Crippen LogP contribution in [0.15, 0.2) is 0 Å². The summed E-state index contributed by atoms with van der Waals surface area (Å²) in [5, 5.41) is 0. The van der Waals surface area contributed by atoms with E-state index in [-0.39, 0.29) is 7.47 Å². The van der Waals surface area contributed by atoms with E-state index in [4.69, 9.17) is 5.73 Å². The van der Waals surface area contributed by atoms with E-state index in [1.54, 1.807) is 0 Å². The molecule has 0 bridgehead atoms. The molecule has 0 aromatic rings. The van der Waals surface area contributed by atoms with Crippen molar-refractivity contribution in [1.82, 2.24) is 0 Å². The highest BCUT2D eigenvalue weighted by Crippen LogP contribution is 2.24. The minimum absolute atomic E-state index is 0. The number of carbonyl (C=O) groups excluding carboxylic acids is 1. The van der Waals surface area contributed by atoms with Crippen LogP contribution in [0.5, 0.6) is 0 Å². The van der Waals surface area contributed by atoms with E-state index in [1.807, 2.05) is 0 Å². The quantitative estimate of drug-likeness (QED) is 0.593. The molecule has 10 heavy (non-hydrogen) atoms. The summed E-state index contributed by atoms with van der Waals surface area (Å²) in [7, 11) is 0. The Kier molecular flexibility index (Phi) is 2.87. The van der Waals surface area contributed by atoms with Gasteiger partial charge in [0.25, 0.3) is 0 Å². The Morgan fingerprint density at radius 3 is 2.50 bits per heavy atom. The van der Waals surface area contributed by atoms with Gasteiger partial charge in [0, 0.05) is 1.43 Å². The van der Waals surface area contributed by atoms with Crippen molar-refractivity contribution in [3.8, 4) is 0 Å². The average molecular weight is 143 g/mol. The summed E-state index contributed by atoms with van der Waals surface area (Å²) in [5.74, 6) is 0.478. The fourth-order valence-electron chi connectivity index (χ4n) is 1.63. The van der Waals surface area contributed by atoms with Crippen molar-refractivity contribution < 1.29 is 6.22 Å². The van der Waals surface area contributed by atoms with Gasteiger partial charge in [0.15, 0.2) is 0 Å². The molecule has 60 valence electrons. The largest absolute Gasteiger partial charge is 0.322 e. The molecule has 0 aromatic heterocycles. The number of hydrogen-bond acceptors (Lipinski definition) is 2.